The summed E-state index contributed by atoms with van der Waals surface area (Å²) in [6.07, 6.45) is 3.14. The second-order valence-corrected chi connectivity index (χ2v) is 9.80. The molecule has 0 spiro atoms. The van der Waals surface area contributed by atoms with Gasteiger partial charge < -0.3 is 9.30 Å². The summed E-state index contributed by atoms with van der Waals surface area (Å²) in [7, 11) is -3.33. The van der Waals surface area contributed by atoms with Crippen LogP contribution in [0.1, 0.15) is 23.0 Å². The first-order valence-corrected chi connectivity index (χ1v) is 12.7. The third-order valence-electron chi connectivity index (χ3n) is 4.86. The molecule has 0 bridgehead atoms. The number of rotatable bonds is 7. The number of nitrogens with zero attached hydrogens (tertiary/aromatic N) is 1. The second-order valence-electron chi connectivity index (χ2n) is 6.91. The van der Waals surface area contributed by atoms with Gasteiger partial charge in [0.1, 0.15) is 0 Å². The van der Waals surface area contributed by atoms with Crippen molar-refractivity contribution in [2.45, 2.75) is 23.6 Å². The molecule has 0 N–H and O–H groups in total. The van der Waals surface area contributed by atoms with E-state index in [-0.39, 0.29) is 17.1 Å². The minimum atomic E-state index is -3.33. The predicted octanol–water partition coefficient (Wildman–Crippen LogP) is 4.32. The zero-order chi connectivity index (χ0) is 22.8. The molecule has 0 aliphatic carbocycles. The molecule has 0 fully saturated rings. The summed E-state index contributed by atoms with van der Waals surface area (Å²) in [6.45, 7) is 3.52. The van der Waals surface area contributed by atoms with Gasteiger partial charge in [0.2, 0.25) is 0 Å². The molecule has 0 radical (unpaired) electrons. The number of carbonyl (C=O) groups is 2. The number of hydrogen-bond acceptors (Lipinski definition) is 6. The molecular formula is C23H23NO5S2. The van der Waals surface area contributed by atoms with E-state index in [4.69, 9.17) is 4.74 Å². The van der Waals surface area contributed by atoms with Crippen LogP contribution in [0.4, 0.5) is 0 Å². The average molecular weight is 458 g/mol. The van der Waals surface area contributed by atoms with E-state index >= 15 is 0 Å². The Labute approximate surface area is 186 Å². The summed E-state index contributed by atoms with van der Waals surface area (Å²) in [6, 6.07) is 15.9. The van der Waals surface area contributed by atoms with Gasteiger partial charge in [-0.25, -0.2) is 13.2 Å². The van der Waals surface area contributed by atoms with E-state index in [1.165, 1.54) is 12.1 Å². The Morgan fingerprint density at radius 2 is 1.65 bits per heavy atom. The van der Waals surface area contributed by atoms with E-state index in [0.29, 0.717) is 17.0 Å². The van der Waals surface area contributed by atoms with Crippen LogP contribution in [-0.4, -0.2) is 43.9 Å². The maximum Gasteiger partial charge on any atom is 0.379 e. The Morgan fingerprint density at radius 1 is 1.03 bits per heavy atom. The van der Waals surface area contributed by atoms with E-state index < -0.39 is 21.6 Å². The zero-order valence-electron chi connectivity index (χ0n) is 17.7. The lowest BCUT2D eigenvalue weighted by atomic mass is 10.1. The lowest BCUT2D eigenvalue weighted by Gasteiger charge is -2.13. The van der Waals surface area contributed by atoms with Crippen LogP contribution in [-0.2, 0) is 19.4 Å². The number of carbonyl (C=O) groups excluding carboxylic acids is 2. The summed E-state index contributed by atoms with van der Waals surface area (Å²) in [5, 5.41) is 0. The van der Waals surface area contributed by atoms with Gasteiger partial charge in [-0.3, -0.25) is 4.79 Å². The first-order chi connectivity index (χ1) is 14.7. The molecule has 2 aromatic carbocycles. The number of ether oxygens (including phenoxy) is 1. The molecule has 1 heterocycles. The highest BCUT2D eigenvalue weighted by atomic mass is 32.2. The Balaban J connectivity index is 2.19. The Hall–Kier alpha value is -2.84. The summed E-state index contributed by atoms with van der Waals surface area (Å²) < 4.78 is 30.4. The molecule has 162 valence electrons. The van der Waals surface area contributed by atoms with Crippen molar-refractivity contribution in [2.75, 3.05) is 19.1 Å². The fourth-order valence-corrected chi connectivity index (χ4v) is 4.33. The molecule has 8 heteroatoms. The molecule has 0 aliphatic heterocycles. The second kappa shape index (κ2) is 9.11. The number of aromatic nitrogens is 1. The van der Waals surface area contributed by atoms with Gasteiger partial charge in [0.25, 0.3) is 5.78 Å². The van der Waals surface area contributed by atoms with Gasteiger partial charge in [-0.15, -0.1) is 11.8 Å². The number of thioether (sulfide) groups is 1. The van der Waals surface area contributed by atoms with E-state index in [1.807, 2.05) is 35.1 Å². The summed E-state index contributed by atoms with van der Waals surface area (Å²) in [5.74, 6) is -1.62. The van der Waals surface area contributed by atoms with Crippen molar-refractivity contribution < 1.29 is 22.7 Å². The number of hydrogen-bond donors (Lipinski definition) is 0. The molecule has 0 amide bonds. The highest BCUT2D eigenvalue weighted by molar-refractivity contribution is 7.98. The fraction of sp³-hybridized carbons (Fsp3) is 0.217. The molecule has 0 unspecified atom stereocenters. The van der Waals surface area contributed by atoms with Crippen LogP contribution in [0, 0.1) is 6.92 Å². The third-order valence-corrected chi connectivity index (χ3v) is 6.73. The molecule has 6 nitrogen and oxygen atoms in total. The van der Waals surface area contributed by atoms with Crippen LogP contribution in [0.3, 0.4) is 0 Å². The van der Waals surface area contributed by atoms with Crippen molar-refractivity contribution in [3.63, 3.8) is 0 Å². The van der Waals surface area contributed by atoms with Crippen LogP contribution in [0.15, 0.2) is 64.4 Å². The maximum absolute atomic E-state index is 12.7. The van der Waals surface area contributed by atoms with Crippen LogP contribution in [0.5, 0.6) is 0 Å². The molecule has 3 rings (SSSR count). The molecule has 0 saturated heterocycles. The molecule has 3 aromatic rings. The third kappa shape index (κ3) is 4.75. The summed E-state index contributed by atoms with van der Waals surface area (Å²) in [5.41, 5.74) is 3.04. The molecule has 0 atom stereocenters. The molecule has 0 saturated carbocycles. The standard InChI is InChI=1S/C23H23NO5S2/c1-5-29-23(26)22(25)20-14-21(16-6-12-19(13-7-16)31(4,27)28)24(15(20)2)17-8-10-18(30-3)11-9-17/h6-14H,5H2,1-4H3. The Morgan fingerprint density at radius 3 is 2.16 bits per heavy atom. The number of sulfone groups is 1. The van der Waals surface area contributed by atoms with E-state index in [1.54, 1.807) is 43.8 Å². The van der Waals surface area contributed by atoms with Crippen LogP contribution in [0.2, 0.25) is 0 Å². The minimum absolute atomic E-state index is 0.111. The average Bonchev–Trinajstić information content (AvgIpc) is 3.10. The first kappa shape index (κ1) is 22.8. The monoisotopic (exact) mass is 457 g/mol. The van der Waals surface area contributed by atoms with E-state index in [2.05, 4.69) is 0 Å². The molecule has 1 aromatic heterocycles. The fourth-order valence-electron chi connectivity index (χ4n) is 3.29. The number of esters is 1. The van der Waals surface area contributed by atoms with Crippen LogP contribution < -0.4 is 0 Å². The van der Waals surface area contributed by atoms with Crippen LogP contribution in [0.25, 0.3) is 16.9 Å². The Kier molecular flexibility index (Phi) is 6.71. The minimum Gasteiger partial charge on any atom is -0.460 e. The number of benzene rings is 2. The van der Waals surface area contributed by atoms with Crippen molar-refractivity contribution in [1.29, 1.82) is 0 Å². The Bertz CT molecular complexity index is 1220. The summed E-state index contributed by atoms with van der Waals surface area (Å²) >= 11 is 1.62. The van der Waals surface area contributed by atoms with Crippen molar-refractivity contribution in [3.8, 4) is 16.9 Å². The van der Waals surface area contributed by atoms with Crippen molar-refractivity contribution in [1.82, 2.24) is 4.57 Å². The first-order valence-electron chi connectivity index (χ1n) is 9.56. The molecule has 0 aliphatic rings. The van der Waals surface area contributed by atoms with Crippen molar-refractivity contribution in [3.05, 3.63) is 65.9 Å². The number of ketones is 1. The molecular weight excluding hydrogens is 434 g/mol. The normalized spacial score (nSPS) is 11.4. The zero-order valence-corrected chi connectivity index (χ0v) is 19.3. The summed E-state index contributed by atoms with van der Waals surface area (Å²) in [4.78, 5) is 26.1. The smallest absolute Gasteiger partial charge is 0.379 e. The van der Waals surface area contributed by atoms with Gasteiger partial charge in [-0.1, -0.05) is 12.1 Å². The van der Waals surface area contributed by atoms with E-state index in [0.717, 1.165) is 16.8 Å². The van der Waals surface area contributed by atoms with Gasteiger partial charge in [0.15, 0.2) is 9.84 Å². The topological polar surface area (TPSA) is 82.4 Å². The number of Topliss-reactive ketones (excluding diaryl/α,β-unsaturated/α-hetero) is 1. The van der Waals surface area contributed by atoms with Gasteiger partial charge in [0, 0.05) is 22.5 Å². The van der Waals surface area contributed by atoms with Gasteiger partial charge in [-0.05, 0) is 68.1 Å². The largest absolute Gasteiger partial charge is 0.460 e. The quantitative estimate of drug-likeness (QED) is 0.227. The van der Waals surface area contributed by atoms with Crippen molar-refractivity contribution >= 4 is 33.4 Å². The van der Waals surface area contributed by atoms with Gasteiger partial charge in [-0.2, -0.15) is 0 Å². The van der Waals surface area contributed by atoms with Crippen molar-refractivity contribution in [2.24, 2.45) is 0 Å². The van der Waals surface area contributed by atoms with E-state index in [9.17, 15) is 18.0 Å². The highest BCUT2D eigenvalue weighted by Gasteiger charge is 2.25. The highest BCUT2D eigenvalue weighted by Crippen LogP contribution is 2.31. The lowest BCUT2D eigenvalue weighted by Crippen LogP contribution is -2.18. The van der Waals surface area contributed by atoms with Gasteiger partial charge >= 0.3 is 5.97 Å². The lowest BCUT2D eigenvalue weighted by molar-refractivity contribution is -0.137. The van der Waals surface area contributed by atoms with Gasteiger partial charge in [0.05, 0.1) is 22.8 Å². The molecule has 31 heavy (non-hydrogen) atoms. The predicted molar refractivity (Wildman–Crippen MR) is 122 cm³/mol. The maximum atomic E-state index is 12.7. The van der Waals surface area contributed by atoms with Crippen LogP contribution >= 0.6 is 11.8 Å². The SMILES string of the molecule is CCOC(=O)C(=O)c1cc(-c2ccc(S(C)(=O)=O)cc2)n(-c2ccc(SC)cc2)c1C.